The smallest absolute Gasteiger partial charge is 0.107 e. The zero-order valence-corrected chi connectivity index (χ0v) is 10.9. The average Bonchev–Trinajstić information content (AvgIpc) is 2.59. The molecule has 1 aromatic rings. The van der Waals surface area contributed by atoms with Crippen LogP contribution in [0.15, 0.2) is 10.5 Å². The number of hydrogen-bond acceptors (Lipinski definition) is 3. The molecule has 2 unspecified atom stereocenters. The lowest BCUT2D eigenvalue weighted by molar-refractivity contribution is -0.00793. The third-order valence-corrected chi connectivity index (χ3v) is 4.84. The Hall–Kier alpha value is -0.370. The van der Waals surface area contributed by atoms with Crippen molar-refractivity contribution in [2.24, 2.45) is 5.92 Å². The Labute approximate surface area is 102 Å². The van der Waals surface area contributed by atoms with Gasteiger partial charge in [-0.05, 0) is 41.8 Å². The molecular weight excluding hydrogens is 274 g/mol. The number of thiophene rings is 1. The number of nitrogens with zero attached hydrogens (tertiary/aromatic N) is 1. The molecule has 15 heavy (non-hydrogen) atoms. The number of halogens is 1. The fraction of sp³-hybridized carbons (Fsp3) is 0.545. The first-order chi connectivity index (χ1) is 7.22. The van der Waals surface area contributed by atoms with Gasteiger partial charge in [0.05, 0.1) is 12.0 Å². The Morgan fingerprint density at radius 2 is 2.47 bits per heavy atom. The van der Waals surface area contributed by atoms with Gasteiger partial charge in [-0.1, -0.05) is 0 Å². The van der Waals surface area contributed by atoms with Crippen molar-refractivity contribution in [3.05, 3.63) is 20.3 Å². The highest BCUT2D eigenvalue weighted by atomic mass is 79.9. The topological polar surface area (TPSA) is 33.0 Å². The van der Waals surface area contributed by atoms with E-state index in [0.29, 0.717) is 0 Å². The molecular formula is C11H12BrNOS. The maximum Gasteiger partial charge on any atom is 0.107 e. The highest BCUT2D eigenvalue weighted by Crippen LogP contribution is 2.39. The van der Waals surface area contributed by atoms with E-state index >= 15 is 0 Å². The zero-order chi connectivity index (χ0) is 10.8. The molecule has 0 aliphatic carbocycles. The van der Waals surface area contributed by atoms with Gasteiger partial charge in [0.2, 0.25) is 0 Å². The zero-order valence-electron chi connectivity index (χ0n) is 8.50. The summed E-state index contributed by atoms with van der Waals surface area (Å²) in [5.41, 5.74) is 0. The van der Waals surface area contributed by atoms with Crippen LogP contribution in [0, 0.1) is 24.2 Å². The van der Waals surface area contributed by atoms with Crippen molar-refractivity contribution < 1.29 is 4.74 Å². The molecule has 1 saturated heterocycles. The Morgan fingerprint density at radius 3 is 3.07 bits per heavy atom. The fourth-order valence-corrected chi connectivity index (χ4v) is 3.49. The molecule has 1 fully saturated rings. The van der Waals surface area contributed by atoms with Gasteiger partial charge in [0.1, 0.15) is 6.10 Å². The lowest BCUT2D eigenvalue weighted by atomic mass is 9.95. The normalized spacial score (nSPS) is 26.2. The summed E-state index contributed by atoms with van der Waals surface area (Å²) in [6, 6.07) is 4.43. The summed E-state index contributed by atoms with van der Waals surface area (Å²) >= 11 is 5.21. The lowest BCUT2D eigenvalue weighted by Gasteiger charge is -2.26. The summed E-state index contributed by atoms with van der Waals surface area (Å²) in [6.45, 7) is 2.85. The van der Waals surface area contributed by atoms with E-state index in [9.17, 15) is 0 Å². The van der Waals surface area contributed by atoms with E-state index in [0.717, 1.165) is 23.9 Å². The van der Waals surface area contributed by atoms with Crippen LogP contribution >= 0.6 is 27.3 Å². The van der Waals surface area contributed by atoms with Crippen molar-refractivity contribution in [1.82, 2.24) is 0 Å². The largest absolute Gasteiger partial charge is 0.371 e. The first-order valence-corrected chi connectivity index (χ1v) is 6.60. The highest BCUT2D eigenvalue weighted by molar-refractivity contribution is 9.10. The number of ether oxygens (including phenoxy) is 1. The third kappa shape index (κ3) is 2.25. The van der Waals surface area contributed by atoms with Gasteiger partial charge >= 0.3 is 0 Å². The second-order valence-electron chi connectivity index (χ2n) is 3.72. The molecule has 1 aliphatic heterocycles. The van der Waals surface area contributed by atoms with Gasteiger partial charge in [-0.2, -0.15) is 5.26 Å². The van der Waals surface area contributed by atoms with Crippen LogP contribution in [0.4, 0.5) is 0 Å². The maximum absolute atomic E-state index is 9.06. The summed E-state index contributed by atoms with van der Waals surface area (Å²) in [5.74, 6) is 0.0173. The van der Waals surface area contributed by atoms with Gasteiger partial charge in [0.25, 0.3) is 0 Å². The molecule has 1 aliphatic rings. The molecule has 1 aromatic heterocycles. The first-order valence-electron chi connectivity index (χ1n) is 4.99. The van der Waals surface area contributed by atoms with Crippen LogP contribution in [0.3, 0.4) is 0 Å². The van der Waals surface area contributed by atoms with E-state index < -0.39 is 0 Å². The summed E-state index contributed by atoms with van der Waals surface area (Å²) in [7, 11) is 0. The second kappa shape index (κ2) is 4.65. The quantitative estimate of drug-likeness (QED) is 0.786. The van der Waals surface area contributed by atoms with E-state index in [1.807, 2.05) is 0 Å². The monoisotopic (exact) mass is 285 g/mol. The van der Waals surface area contributed by atoms with Crippen LogP contribution in [-0.2, 0) is 4.74 Å². The van der Waals surface area contributed by atoms with Gasteiger partial charge < -0.3 is 4.74 Å². The van der Waals surface area contributed by atoms with E-state index in [1.54, 1.807) is 11.3 Å². The first kappa shape index (κ1) is 11.1. The second-order valence-corrected chi connectivity index (χ2v) is 5.86. The maximum atomic E-state index is 9.06. The van der Waals surface area contributed by atoms with E-state index in [-0.39, 0.29) is 12.0 Å². The Morgan fingerprint density at radius 1 is 1.67 bits per heavy atom. The van der Waals surface area contributed by atoms with Gasteiger partial charge in [-0.3, -0.25) is 0 Å². The van der Waals surface area contributed by atoms with Crippen molar-refractivity contribution in [1.29, 1.82) is 5.26 Å². The van der Waals surface area contributed by atoms with Gasteiger partial charge in [0, 0.05) is 20.8 Å². The molecule has 0 aromatic carbocycles. The molecule has 2 rings (SSSR count). The molecule has 2 atom stereocenters. The van der Waals surface area contributed by atoms with Crippen LogP contribution < -0.4 is 0 Å². The number of nitriles is 1. The number of hydrogen-bond donors (Lipinski definition) is 0. The molecule has 0 spiro atoms. The van der Waals surface area contributed by atoms with Gasteiger partial charge in [-0.15, -0.1) is 11.3 Å². The van der Waals surface area contributed by atoms with Crippen LogP contribution in [0.25, 0.3) is 0 Å². The lowest BCUT2D eigenvalue weighted by Crippen LogP contribution is -2.20. The van der Waals surface area contributed by atoms with Crippen molar-refractivity contribution >= 4 is 27.3 Å². The Balaban J connectivity index is 2.25. The summed E-state index contributed by atoms with van der Waals surface area (Å²) in [6.07, 6.45) is 1.94. The number of rotatable bonds is 1. The standard InChI is InChI=1S/C11H12BrNOS/c1-7-9(12)5-10(15-7)11-8(6-13)3-2-4-14-11/h5,8,11H,2-4H2,1H3. The average molecular weight is 286 g/mol. The molecule has 0 saturated carbocycles. The molecule has 0 N–H and O–H groups in total. The Bertz CT molecular complexity index is 376. The van der Waals surface area contributed by atoms with E-state index in [2.05, 4.69) is 35.0 Å². The summed E-state index contributed by atoms with van der Waals surface area (Å²) < 4.78 is 6.82. The summed E-state index contributed by atoms with van der Waals surface area (Å²) in [5, 5.41) is 9.06. The van der Waals surface area contributed by atoms with E-state index in [4.69, 9.17) is 10.00 Å². The third-order valence-electron chi connectivity index (χ3n) is 2.64. The molecule has 0 bridgehead atoms. The minimum absolute atomic E-state index is 0.0150. The van der Waals surface area contributed by atoms with Crippen LogP contribution in [0.1, 0.15) is 28.7 Å². The summed E-state index contributed by atoms with van der Waals surface area (Å²) in [4.78, 5) is 2.42. The minimum atomic E-state index is -0.0150. The highest BCUT2D eigenvalue weighted by Gasteiger charge is 2.28. The molecule has 2 nitrogen and oxygen atoms in total. The van der Waals surface area contributed by atoms with Crippen molar-refractivity contribution in [2.45, 2.75) is 25.9 Å². The number of aryl methyl sites for hydroxylation is 1. The van der Waals surface area contributed by atoms with Crippen molar-refractivity contribution in [2.75, 3.05) is 6.61 Å². The van der Waals surface area contributed by atoms with Crippen LogP contribution in [0.5, 0.6) is 0 Å². The minimum Gasteiger partial charge on any atom is -0.371 e. The fourth-order valence-electron chi connectivity index (χ4n) is 1.82. The van der Waals surface area contributed by atoms with Crippen LogP contribution in [-0.4, -0.2) is 6.61 Å². The van der Waals surface area contributed by atoms with Crippen molar-refractivity contribution in [3.8, 4) is 6.07 Å². The van der Waals surface area contributed by atoms with E-state index in [1.165, 1.54) is 9.75 Å². The van der Waals surface area contributed by atoms with Gasteiger partial charge in [0.15, 0.2) is 0 Å². The van der Waals surface area contributed by atoms with Gasteiger partial charge in [-0.25, -0.2) is 0 Å². The molecule has 4 heteroatoms. The van der Waals surface area contributed by atoms with Crippen molar-refractivity contribution in [3.63, 3.8) is 0 Å². The molecule has 0 radical (unpaired) electrons. The SMILES string of the molecule is Cc1sc(C2OCCCC2C#N)cc1Br. The molecule has 0 amide bonds. The van der Waals surface area contributed by atoms with Crippen LogP contribution in [0.2, 0.25) is 0 Å². The predicted octanol–water partition coefficient (Wildman–Crippen LogP) is 3.81. The molecule has 2 heterocycles. The predicted molar refractivity (Wildman–Crippen MR) is 63.8 cm³/mol. The molecule has 80 valence electrons. The Kier molecular flexibility index (Phi) is 3.45.